The maximum atomic E-state index is 13.9. The number of benzene rings is 1. The van der Waals surface area contributed by atoms with E-state index in [4.69, 9.17) is 0 Å². The second kappa shape index (κ2) is 7.85. The van der Waals surface area contributed by atoms with Crippen molar-refractivity contribution in [3.63, 3.8) is 0 Å². The molecule has 4 nitrogen and oxygen atoms in total. The molecule has 1 aliphatic heterocycles. The summed E-state index contributed by atoms with van der Waals surface area (Å²) in [5.74, 6) is -0.0384. The van der Waals surface area contributed by atoms with Crippen LogP contribution in [0.25, 0.3) is 10.6 Å². The van der Waals surface area contributed by atoms with Crippen LogP contribution in [0.3, 0.4) is 0 Å². The van der Waals surface area contributed by atoms with E-state index in [0.717, 1.165) is 31.6 Å². The Morgan fingerprint density at radius 3 is 3.08 bits per heavy atom. The van der Waals surface area contributed by atoms with Gasteiger partial charge in [-0.2, -0.15) is 0 Å². The third-order valence-electron chi connectivity index (χ3n) is 4.27. The third kappa shape index (κ3) is 3.99. The number of amides is 1. The van der Waals surface area contributed by atoms with Crippen molar-refractivity contribution >= 4 is 17.2 Å². The van der Waals surface area contributed by atoms with E-state index in [2.05, 4.69) is 15.2 Å². The number of likely N-dealkylation sites (tertiary alicyclic amines) is 1. The first-order valence-electron chi connectivity index (χ1n) is 8.36. The van der Waals surface area contributed by atoms with Gasteiger partial charge < -0.3 is 5.32 Å². The second-order valence-corrected chi connectivity index (χ2v) is 6.95. The number of piperidine rings is 1. The standard InChI is InChI=1S/C18H22FN3OS/c1-2-20-17(23)13-6-5-9-22(10-13)11-14-12-24-18(21-14)15-7-3-4-8-16(15)19/h3-4,7-8,12-13H,2,5-6,9-11H2,1H3,(H,20,23)/t13-/m0/s1. The number of hydrogen-bond donors (Lipinski definition) is 1. The lowest BCUT2D eigenvalue weighted by Gasteiger charge is -2.31. The Morgan fingerprint density at radius 1 is 1.46 bits per heavy atom. The Balaban J connectivity index is 1.64. The maximum Gasteiger partial charge on any atom is 0.224 e. The Bertz CT molecular complexity index is 703. The van der Waals surface area contributed by atoms with Gasteiger partial charge in [0.25, 0.3) is 0 Å². The number of nitrogens with zero attached hydrogens (tertiary/aromatic N) is 2. The molecule has 1 aromatic carbocycles. The van der Waals surface area contributed by atoms with Gasteiger partial charge in [0.05, 0.1) is 11.6 Å². The van der Waals surface area contributed by atoms with Crippen LogP contribution in [0.1, 0.15) is 25.5 Å². The van der Waals surface area contributed by atoms with Gasteiger partial charge in [0.15, 0.2) is 0 Å². The van der Waals surface area contributed by atoms with Gasteiger partial charge in [-0.15, -0.1) is 11.3 Å². The first-order valence-corrected chi connectivity index (χ1v) is 9.24. The molecule has 2 heterocycles. The van der Waals surface area contributed by atoms with Gasteiger partial charge in [-0.1, -0.05) is 12.1 Å². The average molecular weight is 347 g/mol. The predicted molar refractivity (Wildman–Crippen MR) is 94.2 cm³/mol. The van der Waals surface area contributed by atoms with Gasteiger partial charge >= 0.3 is 0 Å². The molecule has 24 heavy (non-hydrogen) atoms. The molecule has 1 saturated heterocycles. The van der Waals surface area contributed by atoms with Gasteiger partial charge in [-0.3, -0.25) is 9.69 Å². The number of hydrogen-bond acceptors (Lipinski definition) is 4. The molecule has 1 fully saturated rings. The van der Waals surface area contributed by atoms with Crippen molar-refractivity contribution in [3.05, 3.63) is 41.2 Å². The van der Waals surface area contributed by atoms with Gasteiger partial charge in [0.2, 0.25) is 5.91 Å². The van der Waals surface area contributed by atoms with Gasteiger partial charge in [-0.25, -0.2) is 9.37 Å². The molecule has 1 aliphatic rings. The van der Waals surface area contributed by atoms with E-state index < -0.39 is 0 Å². The van der Waals surface area contributed by atoms with Crippen LogP contribution in [0.15, 0.2) is 29.6 Å². The SMILES string of the molecule is CCNC(=O)[C@H]1CCCN(Cc2csc(-c3ccccc3F)n2)C1. The molecule has 0 radical (unpaired) electrons. The van der Waals surface area contributed by atoms with Gasteiger partial charge in [0, 0.05) is 30.6 Å². The van der Waals surface area contributed by atoms with Crippen molar-refractivity contribution in [2.75, 3.05) is 19.6 Å². The third-order valence-corrected chi connectivity index (χ3v) is 5.19. The summed E-state index contributed by atoms with van der Waals surface area (Å²) in [6.07, 6.45) is 1.96. The molecular weight excluding hydrogens is 325 g/mol. The molecule has 1 atom stereocenters. The van der Waals surface area contributed by atoms with E-state index in [1.54, 1.807) is 12.1 Å². The van der Waals surface area contributed by atoms with Crippen molar-refractivity contribution < 1.29 is 9.18 Å². The van der Waals surface area contributed by atoms with Crippen LogP contribution in [0.5, 0.6) is 0 Å². The molecule has 0 aliphatic carbocycles. The fourth-order valence-electron chi connectivity index (χ4n) is 3.10. The number of carbonyl (C=O) groups excluding carboxylic acids is 1. The summed E-state index contributed by atoms with van der Waals surface area (Å²) in [5, 5.41) is 5.60. The maximum absolute atomic E-state index is 13.9. The summed E-state index contributed by atoms with van der Waals surface area (Å²) in [6.45, 7) is 5.06. The highest BCUT2D eigenvalue weighted by atomic mass is 32.1. The van der Waals surface area contributed by atoms with Crippen LogP contribution in [-0.2, 0) is 11.3 Å². The molecule has 0 spiro atoms. The van der Waals surface area contributed by atoms with E-state index >= 15 is 0 Å². The number of thiazole rings is 1. The van der Waals surface area contributed by atoms with Crippen LogP contribution in [-0.4, -0.2) is 35.4 Å². The summed E-state index contributed by atoms with van der Waals surface area (Å²) in [6, 6.07) is 6.71. The van der Waals surface area contributed by atoms with E-state index in [0.29, 0.717) is 23.7 Å². The lowest BCUT2D eigenvalue weighted by Crippen LogP contribution is -2.42. The monoisotopic (exact) mass is 347 g/mol. The smallest absolute Gasteiger partial charge is 0.224 e. The summed E-state index contributed by atoms with van der Waals surface area (Å²) in [5.41, 5.74) is 1.49. The van der Waals surface area contributed by atoms with Crippen LogP contribution in [0, 0.1) is 11.7 Å². The number of halogens is 1. The molecule has 0 bridgehead atoms. The number of nitrogens with one attached hydrogen (secondary N) is 1. The van der Waals surface area contributed by atoms with Crippen LogP contribution in [0.2, 0.25) is 0 Å². The normalized spacial score (nSPS) is 18.5. The minimum Gasteiger partial charge on any atom is -0.356 e. The van der Waals surface area contributed by atoms with Gasteiger partial charge in [-0.05, 0) is 38.4 Å². The molecular formula is C18H22FN3OS. The van der Waals surface area contributed by atoms with Crippen molar-refractivity contribution in [1.82, 2.24) is 15.2 Å². The molecule has 0 unspecified atom stereocenters. The van der Waals surface area contributed by atoms with Crippen LogP contribution >= 0.6 is 11.3 Å². The number of aromatic nitrogens is 1. The average Bonchev–Trinajstić information content (AvgIpc) is 3.04. The molecule has 1 amide bonds. The van der Waals surface area contributed by atoms with Crippen LogP contribution in [0.4, 0.5) is 4.39 Å². The summed E-state index contributed by atoms with van der Waals surface area (Å²) < 4.78 is 13.9. The lowest BCUT2D eigenvalue weighted by molar-refractivity contribution is -0.126. The highest BCUT2D eigenvalue weighted by Gasteiger charge is 2.25. The Hall–Kier alpha value is -1.79. The molecule has 2 aromatic rings. The molecule has 128 valence electrons. The molecule has 0 saturated carbocycles. The minimum atomic E-state index is -0.243. The lowest BCUT2D eigenvalue weighted by atomic mass is 9.97. The van der Waals surface area contributed by atoms with E-state index in [1.807, 2.05) is 18.4 Å². The quantitative estimate of drug-likeness (QED) is 0.903. The first-order chi connectivity index (χ1) is 11.7. The van der Waals surface area contributed by atoms with E-state index in [-0.39, 0.29) is 17.6 Å². The summed E-state index contributed by atoms with van der Waals surface area (Å²) in [7, 11) is 0. The number of rotatable bonds is 5. The zero-order valence-electron chi connectivity index (χ0n) is 13.8. The topological polar surface area (TPSA) is 45.2 Å². The van der Waals surface area contributed by atoms with Gasteiger partial charge in [0.1, 0.15) is 10.8 Å². The largest absolute Gasteiger partial charge is 0.356 e. The van der Waals surface area contributed by atoms with Crippen molar-refractivity contribution in [2.45, 2.75) is 26.3 Å². The molecule has 3 rings (SSSR count). The minimum absolute atomic E-state index is 0.0587. The second-order valence-electron chi connectivity index (χ2n) is 6.09. The Kier molecular flexibility index (Phi) is 5.58. The molecule has 1 aromatic heterocycles. The fourth-order valence-corrected chi connectivity index (χ4v) is 3.94. The Morgan fingerprint density at radius 2 is 2.29 bits per heavy atom. The van der Waals surface area contributed by atoms with Crippen molar-refractivity contribution in [3.8, 4) is 10.6 Å². The van der Waals surface area contributed by atoms with Crippen molar-refractivity contribution in [2.24, 2.45) is 5.92 Å². The Labute approximate surface area is 145 Å². The predicted octanol–water partition coefficient (Wildman–Crippen LogP) is 3.30. The van der Waals surface area contributed by atoms with Crippen molar-refractivity contribution in [1.29, 1.82) is 0 Å². The summed E-state index contributed by atoms with van der Waals surface area (Å²) in [4.78, 5) is 18.9. The molecule has 1 N–H and O–H groups in total. The fraction of sp³-hybridized carbons (Fsp3) is 0.444. The highest BCUT2D eigenvalue weighted by Crippen LogP contribution is 2.27. The van der Waals surface area contributed by atoms with E-state index in [9.17, 15) is 9.18 Å². The zero-order valence-corrected chi connectivity index (χ0v) is 14.6. The first kappa shape index (κ1) is 17.0. The molecule has 6 heteroatoms. The zero-order chi connectivity index (χ0) is 16.9. The number of carbonyl (C=O) groups is 1. The van der Waals surface area contributed by atoms with E-state index in [1.165, 1.54) is 17.4 Å². The van der Waals surface area contributed by atoms with Crippen LogP contribution < -0.4 is 5.32 Å². The highest BCUT2D eigenvalue weighted by molar-refractivity contribution is 7.13. The summed E-state index contributed by atoms with van der Waals surface area (Å²) >= 11 is 1.46.